The van der Waals surface area contributed by atoms with Gasteiger partial charge in [-0.1, -0.05) is 13.8 Å². The number of aromatic nitrogens is 3. The van der Waals surface area contributed by atoms with Crippen LogP contribution in [-0.4, -0.2) is 83.2 Å². The van der Waals surface area contributed by atoms with Gasteiger partial charge in [0.15, 0.2) is 5.82 Å². The summed E-state index contributed by atoms with van der Waals surface area (Å²) in [5.74, 6) is 1.29. The van der Waals surface area contributed by atoms with Gasteiger partial charge in [0.2, 0.25) is 5.91 Å². The number of carbonyl (C=O) groups is 3. The Morgan fingerprint density at radius 2 is 1.74 bits per heavy atom. The summed E-state index contributed by atoms with van der Waals surface area (Å²) in [5.41, 5.74) is 0.914. The van der Waals surface area contributed by atoms with Crippen molar-refractivity contribution in [3.8, 4) is 0 Å². The molecule has 1 aliphatic heterocycles. The van der Waals surface area contributed by atoms with Crippen molar-refractivity contribution in [2.75, 3.05) is 40.8 Å². The lowest BCUT2D eigenvalue weighted by molar-refractivity contribution is -0.122. The van der Waals surface area contributed by atoms with E-state index < -0.39 is 5.97 Å². The molecular weight excluding hydrogens is 436 g/mol. The van der Waals surface area contributed by atoms with Crippen molar-refractivity contribution in [3.05, 3.63) is 47.0 Å². The number of hydrogen-bond acceptors (Lipinski definition) is 7. The van der Waals surface area contributed by atoms with Crippen molar-refractivity contribution in [2.24, 2.45) is 5.92 Å². The van der Waals surface area contributed by atoms with Crippen LogP contribution >= 0.6 is 0 Å². The van der Waals surface area contributed by atoms with Crippen molar-refractivity contribution in [2.45, 2.75) is 39.3 Å². The molecule has 1 aromatic heterocycles. The fraction of sp³-hybridized carbons (Fsp3) is 0.542. The van der Waals surface area contributed by atoms with Gasteiger partial charge >= 0.3 is 5.97 Å². The Morgan fingerprint density at radius 3 is 2.35 bits per heavy atom. The number of methoxy groups -OCH3 is 1. The van der Waals surface area contributed by atoms with Crippen molar-refractivity contribution in [1.29, 1.82) is 0 Å². The molecule has 0 aliphatic carbocycles. The molecule has 0 spiro atoms. The van der Waals surface area contributed by atoms with E-state index in [1.807, 2.05) is 23.6 Å². The Hall–Kier alpha value is -3.27. The Balaban J connectivity index is 1.74. The molecule has 0 saturated heterocycles. The van der Waals surface area contributed by atoms with Gasteiger partial charge in [0, 0.05) is 31.6 Å². The predicted molar refractivity (Wildman–Crippen MR) is 126 cm³/mol. The topological polar surface area (TPSA) is 110 Å². The third-order valence-electron chi connectivity index (χ3n) is 5.71. The number of nitrogens with zero attached hydrogens (tertiary/aromatic N) is 5. The van der Waals surface area contributed by atoms with Gasteiger partial charge in [0.05, 0.1) is 25.3 Å². The molecule has 2 heterocycles. The summed E-state index contributed by atoms with van der Waals surface area (Å²) in [6.07, 6.45) is 1.31. The fourth-order valence-corrected chi connectivity index (χ4v) is 4.08. The lowest BCUT2D eigenvalue weighted by atomic mass is 10.0. The zero-order valence-corrected chi connectivity index (χ0v) is 20.6. The number of nitrogens with one attached hydrogen (secondary N) is 1. The molecule has 34 heavy (non-hydrogen) atoms. The summed E-state index contributed by atoms with van der Waals surface area (Å²) < 4.78 is 6.75. The zero-order chi connectivity index (χ0) is 24.8. The van der Waals surface area contributed by atoms with Crippen LogP contribution in [-0.2, 0) is 22.5 Å². The highest BCUT2D eigenvalue weighted by Gasteiger charge is 2.27. The van der Waals surface area contributed by atoms with E-state index in [1.165, 1.54) is 7.11 Å². The molecule has 0 saturated carbocycles. The Kier molecular flexibility index (Phi) is 8.38. The van der Waals surface area contributed by atoms with Crippen molar-refractivity contribution in [3.63, 3.8) is 0 Å². The van der Waals surface area contributed by atoms with Crippen molar-refractivity contribution < 1.29 is 19.1 Å². The van der Waals surface area contributed by atoms with Crippen LogP contribution in [0, 0.1) is 5.92 Å². The quantitative estimate of drug-likeness (QED) is 0.583. The van der Waals surface area contributed by atoms with Crippen LogP contribution in [0.2, 0.25) is 0 Å². The Bertz CT molecular complexity index is 1010. The maximum Gasteiger partial charge on any atom is 0.337 e. The first-order chi connectivity index (χ1) is 16.2. The SMILES string of the molecule is COC(=O)c1ccc(C(=O)N2CCc3nnc(C(CC(C)C)NC(=O)CN(C)C)n3CC2)cc1. The summed E-state index contributed by atoms with van der Waals surface area (Å²) in [5, 5.41) is 11.9. The lowest BCUT2D eigenvalue weighted by Crippen LogP contribution is -2.38. The van der Waals surface area contributed by atoms with E-state index in [9.17, 15) is 14.4 Å². The molecule has 0 bridgehead atoms. The van der Waals surface area contributed by atoms with E-state index in [1.54, 1.807) is 29.2 Å². The van der Waals surface area contributed by atoms with E-state index in [0.29, 0.717) is 49.6 Å². The number of likely N-dealkylation sites (N-methyl/N-ethyl adjacent to an activating group) is 1. The molecule has 10 heteroatoms. The molecular formula is C24H34N6O4. The van der Waals surface area contributed by atoms with Gasteiger partial charge in [-0.25, -0.2) is 4.79 Å². The van der Waals surface area contributed by atoms with E-state index in [0.717, 1.165) is 18.1 Å². The minimum absolute atomic E-state index is 0.0613. The maximum atomic E-state index is 13.1. The molecule has 0 radical (unpaired) electrons. The van der Waals surface area contributed by atoms with Crippen molar-refractivity contribution >= 4 is 17.8 Å². The number of carbonyl (C=O) groups excluding carboxylic acids is 3. The summed E-state index contributed by atoms with van der Waals surface area (Å²) in [4.78, 5) is 40.8. The second kappa shape index (κ2) is 11.2. The summed E-state index contributed by atoms with van der Waals surface area (Å²) >= 11 is 0. The van der Waals surface area contributed by atoms with E-state index in [2.05, 4.69) is 29.4 Å². The van der Waals surface area contributed by atoms with E-state index in [-0.39, 0.29) is 17.9 Å². The molecule has 3 rings (SSSR count). The van der Waals surface area contributed by atoms with Gasteiger partial charge in [-0.15, -0.1) is 10.2 Å². The van der Waals surface area contributed by atoms with Gasteiger partial charge in [0.1, 0.15) is 5.82 Å². The molecule has 1 unspecified atom stereocenters. The largest absolute Gasteiger partial charge is 0.465 e. The maximum absolute atomic E-state index is 13.1. The third kappa shape index (κ3) is 6.19. The van der Waals surface area contributed by atoms with Crippen LogP contribution in [0.4, 0.5) is 0 Å². The molecule has 1 aliphatic rings. The molecule has 1 aromatic carbocycles. The highest BCUT2D eigenvalue weighted by Crippen LogP contribution is 2.23. The van der Waals surface area contributed by atoms with Crippen molar-refractivity contribution in [1.82, 2.24) is 29.9 Å². The van der Waals surface area contributed by atoms with Gasteiger partial charge < -0.3 is 24.4 Å². The van der Waals surface area contributed by atoms with Gasteiger partial charge in [-0.05, 0) is 50.7 Å². The Morgan fingerprint density at radius 1 is 1.06 bits per heavy atom. The summed E-state index contributed by atoms with van der Waals surface area (Å²) in [6, 6.07) is 6.23. The van der Waals surface area contributed by atoms with Crippen LogP contribution in [0.5, 0.6) is 0 Å². The highest BCUT2D eigenvalue weighted by molar-refractivity contribution is 5.96. The van der Waals surface area contributed by atoms with Gasteiger partial charge in [-0.3, -0.25) is 9.59 Å². The number of ether oxygens (including phenoxy) is 1. The normalized spacial score (nSPS) is 14.5. The fourth-order valence-electron chi connectivity index (χ4n) is 4.08. The number of fused-ring (bicyclic) bond motifs is 1. The smallest absolute Gasteiger partial charge is 0.337 e. The van der Waals surface area contributed by atoms with Crippen LogP contribution in [0.1, 0.15) is 58.7 Å². The molecule has 10 nitrogen and oxygen atoms in total. The molecule has 1 N–H and O–H groups in total. The second-order valence-corrected chi connectivity index (χ2v) is 9.22. The Labute approximate surface area is 200 Å². The first kappa shape index (κ1) is 25.4. The van der Waals surface area contributed by atoms with E-state index >= 15 is 0 Å². The summed E-state index contributed by atoms with van der Waals surface area (Å²) in [6.45, 7) is 6.06. The first-order valence-electron chi connectivity index (χ1n) is 11.5. The number of amides is 2. The van der Waals surface area contributed by atoms with Crippen LogP contribution in [0.25, 0.3) is 0 Å². The average molecular weight is 471 g/mol. The van der Waals surface area contributed by atoms with Gasteiger partial charge in [0.25, 0.3) is 5.91 Å². The minimum Gasteiger partial charge on any atom is -0.465 e. The lowest BCUT2D eigenvalue weighted by Gasteiger charge is -2.23. The average Bonchev–Trinajstić information content (AvgIpc) is 3.08. The number of hydrogen-bond donors (Lipinski definition) is 1. The third-order valence-corrected chi connectivity index (χ3v) is 5.71. The van der Waals surface area contributed by atoms with E-state index in [4.69, 9.17) is 4.74 Å². The number of benzene rings is 1. The standard InChI is InChI=1S/C24H34N6O4/c1-16(2)14-19(25-21(31)15-28(3)4)22-27-26-20-10-11-29(12-13-30(20)22)23(32)17-6-8-18(9-7-17)24(33)34-5/h6-9,16,19H,10-15H2,1-5H3,(H,25,31). The first-order valence-corrected chi connectivity index (χ1v) is 11.5. The molecule has 184 valence electrons. The van der Waals surface area contributed by atoms with Gasteiger partial charge in [-0.2, -0.15) is 0 Å². The summed E-state index contributed by atoms with van der Waals surface area (Å²) in [7, 11) is 5.04. The number of esters is 1. The zero-order valence-electron chi connectivity index (χ0n) is 20.6. The monoisotopic (exact) mass is 470 g/mol. The predicted octanol–water partition coefficient (Wildman–Crippen LogP) is 1.53. The molecule has 1 atom stereocenters. The highest BCUT2D eigenvalue weighted by atomic mass is 16.5. The van der Waals surface area contributed by atoms with Crippen LogP contribution < -0.4 is 5.32 Å². The van der Waals surface area contributed by atoms with Crippen LogP contribution in [0.15, 0.2) is 24.3 Å². The minimum atomic E-state index is -0.437. The molecule has 2 aromatic rings. The molecule has 0 fully saturated rings. The number of rotatable bonds is 8. The van der Waals surface area contributed by atoms with Crippen LogP contribution in [0.3, 0.4) is 0 Å². The second-order valence-electron chi connectivity index (χ2n) is 9.22. The molecule has 2 amide bonds.